The van der Waals surface area contributed by atoms with Gasteiger partial charge in [0.1, 0.15) is 23.5 Å². The monoisotopic (exact) mass is 313 g/mol. The Morgan fingerprint density at radius 2 is 2.12 bits per heavy atom. The van der Waals surface area contributed by atoms with Crippen molar-refractivity contribution in [3.05, 3.63) is 38.7 Å². The third-order valence-electron chi connectivity index (χ3n) is 2.00. The van der Waals surface area contributed by atoms with Gasteiger partial charge in [0.25, 0.3) is 0 Å². The van der Waals surface area contributed by atoms with Gasteiger partial charge in [0, 0.05) is 16.2 Å². The first-order chi connectivity index (χ1) is 8.01. The molecule has 6 heteroatoms. The van der Waals surface area contributed by atoms with E-state index in [1.54, 1.807) is 19.1 Å². The maximum atomic E-state index is 13.3. The summed E-state index contributed by atoms with van der Waals surface area (Å²) in [6.07, 6.45) is 1.21. The molecule has 0 aliphatic carbocycles. The van der Waals surface area contributed by atoms with Crippen molar-refractivity contribution in [2.24, 2.45) is 0 Å². The Balaban J connectivity index is 3.18. The summed E-state index contributed by atoms with van der Waals surface area (Å²) in [5.41, 5.74) is 0.698. The standard InChI is InChI=1S/C11H6BrClFN3/c1-6-9(14)2-8(13)11(10(6)12)17-5-7(3-15)4-16/h2,5,17H,1H3. The summed E-state index contributed by atoms with van der Waals surface area (Å²) in [7, 11) is 0. The lowest BCUT2D eigenvalue weighted by atomic mass is 10.2. The molecule has 0 radical (unpaired) electrons. The Labute approximate surface area is 111 Å². The van der Waals surface area contributed by atoms with Gasteiger partial charge in [-0.05, 0) is 28.9 Å². The van der Waals surface area contributed by atoms with Crippen molar-refractivity contribution in [2.75, 3.05) is 5.32 Å². The zero-order chi connectivity index (χ0) is 13.0. The van der Waals surface area contributed by atoms with Gasteiger partial charge < -0.3 is 5.32 Å². The number of anilines is 1. The molecule has 0 aromatic heterocycles. The Kier molecular flexibility index (Phi) is 4.51. The van der Waals surface area contributed by atoms with Crippen molar-refractivity contribution < 1.29 is 4.39 Å². The van der Waals surface area contributed by atoms with Crippen molar-refractivity contribution in [1.82, 2.24) is 0 Å². The molecule has 1 rings (SSSR count). The molecule has 3 nitrogen and oxygen atoms in total. The third-order valence-corrected chi connectivity index (χ3v) is 3.29. The number of halogens is 3. The fourth-order valence-corrected chi connectivity index (χ4v) is 1.93. The van der Waals surface area contributed by atoms with E-state index in [-0.39, 0.29) is 10.6 Å². The summed E-state index contributed by atoms with van der Waals surface area (Å²) < 4.78 is 13.7. The van der Waals surface area contributed by atoms with Crippen molar-refractivity contribution in [3.8, 4) is 12.1 Å². The molecule has 0 saturated carbocycles. The molecule has 86 valence electrons. The van der Waals surface area contributed by atoms with Crippen molar-refractivity contribution in [2.45, 2.75) is 6.92 Å². The predicted octanol–water partition coefficient (Wildman–Crippen LogP) is 3.89. The highest BCUT2D eigenvalue weighted by Gasteiger charge is 2.11. The van der Waals surface area contributed by atoms with E-state index in [0.717, 1.165) is 6.07 Å². The minimum absolute atomic E-state index is 0.102. The number of hydrogen-bond donors (Lipinski definition) is 1. The quantitative estimate of drug-likeness (QED) is 0.842. The molecular weight excluding hydrogens is 308 g/mol. The lowest BCUT2D eigenvalue weighted by molar-refractivity contribution is 0.617. The number of allylic oxidation sites excluding steroid dienone is 1. The van der Waals surface area contributed by atoms with Crippen LogP contribution < -0.4 is 5.32 Å². The second-order valence-electron chi connectivity index (χ2n) is 3.08. The number of hydrogen-bond acceptors (Lipinski definition) is 3. The summed E-state index contributed by atoms with van der Waals surface area (Å²) in [4.78, 5) is 0. The SMILES string of the molecule is Cc1c(F)cc(Cl)c(NC=C(C#N)C#N)c1Br. The van der Waals surface area contributed by atoms with Crippen LogP contribution >= 0.6 is 27.5 Å². The van der Waals surface area contributed by atoms with Crippen LogP contribution in [0.5, 0.6) is 0 Å². The van der Waals surface area contributed by atoms with Crippen LogP contribution in [0.2, 0.25) is 5.02 Å². The van der Waals surface area contributed by atoms with Gasteiger partial charge >= 0.3 is 0 Å². The smallest absolute Gasteiger partial charge is 0.145 e. The van der Waals surface area contributed by atoms with Crippen LogP contribution in [-0.4, -0.2) is 0 Å². The molecule has 0 atom stereocenters. The van der Waals surface area contributed by atoms with Gasteiger partial charge in [0.05, 0.1) is 10.7 Å². The average molecular weight is 315 g/mol. The van der Waals surface area contributed by atoms with Crippen LogP contribution in [0.25, 0.3) is 0 Å². The van der Waals surface area contributed by atoms with E-state index in [0.29, 0.717) is 15.7 Å². The normalized spacial score (nSPS) is 9.06. The van der Waals surface area contributed by atoms with E-state index in [9.17, 15) is 4.39 Å². The van der Waals surface area contributed by atoms with Crippen molar-refractivity contribution in [3.63, 3.8) is 0 Å². The molecule has 0 saturated heterocycles. The summed E-state index contributed by atoms with van der Waals surface area (Å²) in [6, 6.07) is 4.55. The summed E-state index contributed by atoms with van der Waals surface area (Å²) in [6.45, 7) is 1.58. The highest BCUT2D eigenvalue weighted by molar-refractivity contribution is 9.10. The van der Waals surface area contributed by atoms with E-state index < -0.39 is 5.82 Å². The topological polar surface area (TPSA) is 59.6 Å². The maximum Gasteiger partial charge on any atom is 0.145 e. The first-order valence-electron chi connectivity index (χ1n) is 4.42. The second-order valence-corrected chi connectivity index (χ2v) is 4.28. The molecule has 0 fully saturated rings. The molecule has 0 bridgehead atoms. The minimum atomic E-state index is -0.433. The molecule has 0 spiro atoms. The van der Waals surface area contributed by atoms with Crippen LogP contribution in [0.4, 0.5) is 10.1 Å². The number of benzene rings is 1. The molecule has 0 unspecified atom stereocenters. The summed E-state index contributed by atoms with van der Waals surface area (Å²) in [5, 5.41) is 20.0. The van der Waals surface area contributed by atoms with Crippen LogP contribution in [-0.2, 0) is 0 Å². The number of nitriles is 2. The van der Waals surface area contributed by atoms with Crippen LogP contribution in [0.15, 0.2) is 22.3 Å². The Morgan fingerprint density at radius 3 is 2.65 bits per heavy atom. The van der Waals surface area contributed by atoms with E-state index >= 15 is 0 Å². The lowest BCUT2D eigenvalue weighted by Gasteiger charge is -2.10. The van der Waals surface area contributed by atoms with Gasteiger partial charge in [-0.15, -0.1) is 0 Å². The minimum Gasteiger partial charge on any atom is -0.358 e. The first-order valence-corrected chi connectivity index (χ1v) is 5.59. The van der Waals surface area contributed by atoms with E-state index in [1.807, 2.05) is 0 Å². The number of rotatable bonds is 2. The largest absolute Gasteiger partial charge is 0.358 e. The fourth-order valence-electron chi connectivity index (χ4n) is 1.06. The van der Waals surface area contributed by atoms with Crippen LogP contribution in [0.3, 0.4) is 0 Å². The lowest BCUT2D eigenvalue weighted by Crippen LogP contribution is -1.96. The fraction of sp³-hybridized carbons (Fsp3) is 0.0909. The highest BCUT2D eigenvalue weighted by Crippen LogP contribution is 2.35. The zero-order valence-corrected chi connectivity index (χ0v) is 11.0. The van der Waals surface area contributed by atoms with Gasteiger partial charge in [0.15, 0.2) is 0 Å². The van der Waals surface area contributed by atoms with E-state index in [1.165, 1.54) is 6.20 Å². The molecule has 0 heterocycles. The van der Waals surface area contributed by atoms with Gasteiger partial charge in [0.2, 0.25) is 0 Å². The summed E-state index contributed by atoms with van der Waals surface area (Å²) >= 11 is 9.04. The van der Waals surface area contributed by atoms with Crippen LogP contribution in [0.1, 0.15) is 5.56 Å². The van der Waals surface area contributed by atoms with Crippen molar-refractivity contribution >= 4 is 33.2 Å². The third kappa shape index (κ3) is 2.97. The first kappa shape index (κ1) is 13.5. The van der Waals surface area contributed by atoms with E-state index in [2.05, 4.69) is 21.2 Å². The average Bonchev–Trinajstić information content (AvgIpc) is 2.31. The number of nitrogens with zero attached hydrogens (tertiary/aromatic N) is 2. The Bertz CT molecular complexity index is 554. The van der Waals surface area contributed by atoms with Gasteiger partial charge in [-0.1, -0.05) is 11.6 Å². The maximum absolute atomic E-state index is 13.3. The molecule has 0 aliphatic heterocycles. The second kappa shape index (κ2) is 5.67. The van der Waals surface area contributed by atoms with Gasteiger partial charge in [-0.2, -0.15) is 10.5 Å². The van der Waals surface area contributed by atoms with Gasteiger partial charge in [-0.3, -0.25) is 0 Å². The predicted molar refractivity (Wildman–Crippen MR) is 66.8 cm³/mol. The summed E-state index contributed by atoms with van der Waals surface area (Å²) in [5.74, 6) is -0.433. The Hall–Kier alpha value is -1.56. The molecule has 0 aliphatic rings. The zero-order valence-electron chi connectivity index (χ0n) is 8.68. The van der Waals surface area contributed by atoms with E-state index in [4.69, 9.17) is 22.1 Å². The molecule has 1 aromatic rings. The van der Waals surface area contributed by atoms with Gasteiger partial charge in [-0.25, -0.2) is 4.39 Å². The highest BCUT2D eigenvalue weighted by atomic mass is 79.9. The molecule has 1 N–H and O–H groups in total. The Morgan fingerprint density at radius 1 is 1.53 bits per heavy atom. The van der Waals surface area contributed by atoms with Crippen molar-refractivity contribution in [1.29, 1.82) is 10.5 Å². The molecule has 1 aromatic carbocycles. The number of nitrogens with one attached hydrogen (secondary N) is 1. The van der Waals surface area contributed by atoms with Crippen LogP contribution in [0, 0.1) is 35.4 Å². The molecular formula is C11H6BrClFN3. The molecule has 0 amide bonds. The molecule has 17 heavy (non-hydrogen) atoms.